The van der Waals surface area contributed by atoms with Crippen molar-refractivity contribution in [2.24, 2.45) is 0 Å². The highest BCUT2D eigenvalue weighted by Gasteiger charge is 2.13. The molecular weight excluding hydrogens is 278 g/mol. The van der Waals surface area contributed by atoms with Crippen molar-refractivity contribution in [3.8, 4) is 0 Å². The van der Waals surface area contributed by atoms with Crippen LogP contribution < -0.4 is 5.32 Å². The second-order valence-corrected chi connectivity index (χ2v) is 6.54. The molecule has 2 aromatic rings. The van der Waals surface area contributed by atoms with Crippen molar-refractivity contribution in [1.29, 1.82) is 0 Å². The zero-order valence-electron chi connectivity index (χ0n) is 11.1. The van der Waals surface area contributed by atoms with Gasteiger partial charge in [-0.3, -0.25) is 9.89 Å². The Hall–Kier alpha value is -2.15. The number of H-pyrrole nitrogens is 1. The van der Waals surface area contributed by atoms with Crippen molar-refractivity contribution in [3.05, 3.63) is 47.8 Å². The number of amides is 1. The molecule has 1 unspecified atom stereocenters. The first-order chi connectivity index (χ1) is 9.38. The number of aromatic nitrogens is 2. The van der Waals surface area contributed by atoms with E-state index in [1.807, 2.05) is 6.92 Å². The summed E-state index contributed by atoms with van der Waals surface area (Å²) in [4.78, 5) is 12.2. The van der Waals surface area contributed by atoms with Gasteiger partial charge in [0.1, 0.15) is 0 Å². The summed E-state index contributed by atoms with van der Waals surface area (Å²) < 4.78 is 22.7. The molecule has 6 nitrogen and oxygen atoms in total. The molecule has 0 aliphatic carbocycles. The third-order valence-corrected chi connectivity index (χ3v) is 4.04. The van der Waals surface area contributed by atoms with E-state index in [1.165, 1.54) is 24.3 Å². The molecular formula is C13H15N3O3S. The van der Waals surface area contributed by atoms with Gasteiger partial charge in [-0.1, -0.05) is 0 Å². The summed E-state index contributed by atoms with van der Waals surface area (Å²) in [6.07, 6.45) is 4.47. The van der Waals surface area contributed by atoms with Crippen molar-refractivity contribution in [1.82, 2.24) is 15.5 Å². The van der Waals surface area contributed by atoms with Crippen LogP contribution in [0.5, 0.6) is 0 Å². The van der Waals surface area contributed by atoms with Crippen LogP contribution in [0.4, 0.5) is 0 Å². The van der Waals surface area contributed by atoms with Crippen LogP contribution in [0.25, 0.3) is 0 Å². The summed E-state index contributed by atoms with van der Waals surface area (Å²) in [5.74, 6) is -0.265. The van der Waals surface area contributed by atoms with Crippen LogP contribution in [0.3, 0.4) is 0 Å². The molecule has 1 amide bonds. The molecule has 1 atom stereocenters. The van der Waals surface area contributed by atoms with Crippen molar-refractivity contribution in [3.63, 3.8) is 0 Å². The van der Waals surface area contributed by atoms with Gasteiger partial charge in [-0.05, 0) is 31.2 Å². The van der Waals surface area contributed by atoms with Crippen molar-refractivity contribution in [2.45, 2.75) is 17.9 Å². The van der Waals surface area contributed by atoms with Gasteiger partial charge in [-0.15, -0.1) is 0 Å². The van der Waals surface area contributed by atoms with Gasteiger partial charge in [0.15, 0.2) is 9.84 Å². The molecule has 2 N–H and O–H groups in total. The summed E-state index contributed by atoms with van der Waals surface area (Å²) in [6.45, 7) is 1.84. The van der Waals surface area contributed by atoms with E-state index in [1.54, 1.807) is 12.4 Å². The van der Waals surface area contributed by atoms with E-state index in [0.717, 1.165) is 11.8 Å². The Kier molecular flexibility index (Phi) is 3.89. The second kappa shape index (κ2) is 5.46. The number of hydrogen-bond acceptors (Lipinski definition) is 4. The average molecular weight is 293 g/mol. The number of benzene rings is 1. The SMILES string of the molecule is CC(NC(=O)c1ccc(S(C)(=O)=O)cc1)c1cn[nH]c1. The molecule has 0 fully saturated rings. The molecule has 0 spiro atoms. The molecule has 7 heteroatoms. The van der Waals surface area contributed by atoms with E-state index in [9.17, 15) is 13.2 Å². The van der Waals surface area contributed by atoms with E-state index >= 15 is 0 Å². The zero-order chi connectivity index (χ0) is 14.8. The largest absolute Gasteiger partial charge is 0.345 e. The Morgan fingerprint density at radius 1 is 1.30 bits per heavy atom. The third-order valence-electron chi connectivity index (χ3n) is 2.91. The van der Waals surface area contributed by atoms with E-state index in [0.29, 0.717) is 5.56 Å². The van der Waals surface area contributed by atoms with Crippen molar-refractivity contribution in [2.75, 3.05) is 6.26 Å². The highest BCUT2D eigenvalue weighted by Crippen LogP contribution is 2.13. The topological polar surface area (TPSA) is 91.9 Å². The monoisotopic (exact) mass is 293 g/mol. The predicted molar refractivity (Wildman–Crippen MR) is 74.0 cm³/mol. The van der Waals surface area contributed by atoms with Crippen molar-refractivity contribution >= 4 is 15.7 Å². The Morgan fingerprint density at radius 2 is 1.95 bits per heavy atom. The Bertz CT molecular complexity index is 691. The maximum Gasteiger partial charge on any atom is 0.251 e. The molecule has 20 heavy (non-hydrogen) atoms. The average Bonchev–Trinajstić information content (AvgIpc) is 2.91. The molecule has 0 bridgehead atoms. The first kappa shape index (κ1) is 14.3. The molecule has 106 valence electrons. The quantitative estimate of drug-likeness (QED) is 0.889. The number of nitrogens with one attached hydrogen (secondary N) is 2. The zero-order valence-corrected chi connectivity index (χ0v) is 11.9. The van der Waals surface area contributed by atoms with Gasteiger partial charge in [0.05, 0.1) is 17.1 Å². The van der Waals surface area contributed by atoms with Gasteiger partial charge in [-0.2, -0.15) is 5.10 Å². The van der Waals surface area contributed by atoms with Crippen LogP contribution in [0.1, 0.15) is 28.9 Å². The summed E-state index contributed by atoms with van der Waals surface area (Å²) in [5, 5.41) is 9.31. The Labute approximate surface area is 117 Å². The van der Waals surface area contributed by atoms with Gasteiger partial charge in [0.25, 0.3) is 5.91 Å². The normalized spacial score (nSPS) is 12.9. The molecule has 1 heterocycles. The fourth-order valence-corrected chi connectivity index (χ4v) is 2.34. The number of hydrogen-bond donors (Lipinski definition) is 2. The molecule has 2 rings (SSSR count). The first-order valence-corrected chi connectivity index (χ1v) is 7.87. The molecule has 0 saturated heterocycles. The van der Waals surface area contributed by atoms with E-state index in [2.05, 4.69) is 15.5 Å². The fourth-order valence-electron chi connectivity index (χ4n) is 1.71. The van der Waals surface area contributed by atoms with Crippen LogP contribution in [-0.4, -0.2) is 30.8 Å². The van der Waals surface area contributed by atoms with Gasteiger partial charge < -0.3 is 5.32 Å². The van der Waals surface area contributed by atoms with Gasteiger partial charge in [0.2, 0.25) is 0 Å². The highest BCUT2D eigenvalue weighted by molar-refractivity contribution is 7.90. The lowest BCUT2D eigenvalue weighted by Gasteiger charge is -2.12. The number of carbonyl (C=O) groups is 1. The lowest BCUT2D eigenvalue weighted by atomic mass is 10.1. The van der Waals surface area contributed by atoms with Gasteiger partial charge in [0, 0.05) is 23.6 Å². The number of aromatic amines is 1. The predicted octanol–water partition coefficient (Wildman–Crippen LogP) is 1.30. The minimum Gasteiger partial charge on any atom is -0.345 e. The van der Waals surface area contributed by atoms with Gasteiger partial charge in [-0.25, -0.2) is 8.42 Å². The van der Waals surface area contributed by atoms with E-state index in [-0.39, 0.29) is 16.8 Å². The number of rotatable bonds is 4. The van der Waals surface area contributed by atoms with Crippen LogP contribution in [-0.2, 0) is 9.84 Å². The number of sulfone groups is 1. The third kappa shape index (κ3) is 3.24. The van der Waals surface area contributed by atoms with Crippen LogP contribution in [0, 0.1) is 0 Å². The molecule has 1 aromatic heterocycles. The maximum absolute atomic E-state index is 12.0. The van der Waals surface area contributed by atoms with Crippen LogP contribution in [0.2, 0.25) is 0 Å². The maximum atomic E-state index is 12.0. The first-order valence-electron chi connectivity index (χ1n) is 5.97. The van der Waals surface area contributed by atoms with E-state index < -0.39 is 9.84 Å². The van der Waals surface area contributed by atoms with Crippen molar-refractivity contribution < 1.29 is 13.2 Å². The lowest BCUT2D eigenvalue weighted by molar-refractivity contribution is 0.0940. The Morgan fingerprint density at radius 3 is 2.45 bits per heavy atom. The molecule has 1 aromatic carbocycles. The smallest absolute Gasteiger partial charge is 0.251 e. The fraction of sp³-hybridized carbons (Fsp3) is 0.231. The molecule has 0 aliphatic rings. The van der Waals surface area contributed by atoms with Gasteiger partial charge >= 0.3 is 0 Å². The minimum absolute atomic E-state index is 0.184. The van der Waals surface area contributed by atoms with E-state index in [4.69, 9.17) is 0 Å². The molecule has 0 saturated carbocycles. The summed E-state index contributed by atoms with van der Waals surface area (Å²) in [5.41, 5.74) is 1.28. The summed E-state index contributed by atoms with van der Waals surface area (Å²) in [6, 6.07) is 5.65. The second-order valence-electron chi connectivity index (χ2n) is 4.52. The molecule has 0 radical (unpaired) electrons. The summed E-state index contributed by atoms with van der Waals surface area (Å²) in [7, 11) is -3.25. The number of nitrogens with zero attached hydrogens (tertiary/aromatic N) is 1. The lowest BCUT2D eigenvalue weighted by Crippen LogP contribution is -2.26. The van der Waals surface area contributed by atoms with Crippen LogP contribution >= 0.6 is 0 Å². The standard InChI is InChI=1S/C13H15N3O3S/c1-9(11-7-14-15-8-11)16-13(17)10-3-5-12(6-4-10)20(2,18)19/h3-9H,1-2H3,(H,14,15)(H,16,17). The minimum atomic E-state index is -3.25. The molecule has 0 aliphatic heterocycles. The van der Waals surface area contributed by atoms with Crippen LogP contribution in [0.15, 0.2) is 41.6 Å². The summed E-state index contributed by atoms with van der Waals surface area (Å²) >= 11 is 0. The Balaban J connectivity index is 2.10. The number of carbonyl (C=O) groups excluding carboxylic acids is 1. The highest BCUT2D eigenvalue weighted by atomic mass is 32.2.